The van der Waals surface area contributed by atoms with Crippen molar-refractivity contribution in [2.75, 3.05) is 0 Å². The van der Waals surface area contributed by atoms with E-state index in [9.17, 15) is 13.6 Å². The normalized spacial score (nSPS) is 10.8. The zero-order valence-electron chi connectivity index (χ0n) is 7.46. The predicted octanol–water partition coefficient (Wildman–Crippen LogP) is 2.34. The number of carboxylic acid groups (broad SMARTS) is 1. The van der Waals surface area contributed by atoms with Gasteiger partial charge in [-0.05, 0) is 6.07 Å². The highest BCUT2D eigenvalue weighted by molar-refractivity contribution is 5.85. The van der Waals surface area contributed by atoms with E-state index in [-0.39, 0.29) is 16.5 Å². The van der Waals surface area contributed by atoms with Crippen molar-refractivity contribution in [3.63, 3.8) is 0 Å². The molecule has 15 heavy (non-hydrogen) atoms. The van der Waals surface area contributed by atoms with Gasteiger partial charge in [-0.1, -0.05) is 0 Å². The summed E-state index contributed by atoms with van der Waals surface area (Å²) in [6.07, 6.45) is 0.695. The molecule has 0 unspecified atom stereocenters. The van der Waals surface area contributed by atoms with Gasteiger partial charge in [0.15, 0.2) is 11.4 Å². The van der Waals surface area contributed by atoms with E-state index in [4.69, 9.17) is 9.52 Å². The summed E-state index contributed by atoms with van der Waals surface area (Å²) in [6, 6.07) is 1.98. The Hall–Kier alpha value is -1.91. The van der Waals surface area contributed by atoms with Gasteiger partial charge in [-0.15, -0.1) is 0 Å². The van der Waals surface area contributed by atoms with Crippen LogP contribution in [0.25, 0.3) is 11.0 Å². The standard InChI is InChI=1S/C10H6F2O3/c11-7-4-8(12)10-5(1-2-15-10)6(7)3-9(13)14/h1-2,4H,3H2,(H,13,14). The molecular formula is C10H6F2O3. The molecule has 1 N–H and O–H groups in total. The van der Waals surface area contributed by atoms with E-state index in [2.05, 4.69) is 0 Å². The number of rotatable bonds is 2. The first-order valence-electron chi connectivity index (χ1n) is 4.15. The minimum absolute atomic E-state index is 0.0624. The molecule has 78 valence electrons. The summed E-state index contributed by atoms with van der Waals surface area (Å²) in [6.45, 7) is 0. The largest absolute Gasteiger partial charge is 0.481 e. The molecule has 0 atom stereocenters. The molecule has 0 saturated carbocycles. The van der Waals surface area contributed by atoms with E-state index in [1.165, 1.54) is 12.3 Å². The van der Waals surface area contributed by atoms with Crippen LogP contribution in [0.4, 0.5) is 8.78 Å². The highest BCUT2D eigenvalue weighted by Crippen LogP contribution is 2.26. The molecule has 0 amide bonds. The number of benzene rings is 1. The molecule has 5 heteroatoms. The summed E-state index contributed by atoms with van der Waals surface area (Å²) in [7, 11) is 0. The molecule has 0 fully saturated rings. The maximum absolute atomic E-state index is 13.3. The average molecular weight is 212 g/mol. The quantitative estimate of drug-likeness (QED) is 0.831. The van der Waals surface area contributed by atoms with Crippen LogP contribution < -0.4 is 0 Å². The third-order valence-corrected chi connectivity index (χ3v) is 2.08. The van der Waals surface area contributed by atoms with Crippen LogP contribution in [0, 0.1) is 11.6 Å². The van der Waals surface area contributed by atoms with Crippen molar-refractivity contribution in [3.8, 4) is 0 Å². The third-order valence-electron chi connectivity index (χ3n) is 2.08. The molecule has 0 aliphatic heterocycles. The van der Waals surface area contributed by atoms with Crippen molar-refractivity contribution in [3.05, 3.63) is 35.6 Å². The molecule has 1 aromatic heterocycles. The Bertz CT molecular complexity index is 531. The van der Waals surface area contributed by atoms with Crippen molar-refractivity contribution in [1.29, 1.82) is 0 Å². The van der Waals surface area contributed by atoms with Gasteiger partial charge in [-0.25, -0.2) is 8.78 Å². The monoisotopic (exact) mass is 212 g/mol. The summed E-state index contributed by atoms with van der Waals surface area (Å²) in [4.78, 5) is 10.5. The average Bonchev–Trinajstić information content (AvgIpc) is 2.60. The van der Waals surface area contributed by atoms with E-state index < -0.39 is 24.0 Å². The van der Waals surface area contributed by atoms with Crippen molar-refractivity contribution < 1.29 is 23.1 Å². The fraction of sp³-hybridized carbons (Fsp3) is 0.100. The number of halogens is 2. The number of carboxylic acids is 1. The lowest BCUT2D eigenvalue weighted by molar-refractivity contribution is -0.136. The summed E-state index contributed by atoms with van der Waals surface area (Å²) >= 11 is 0. The Labute approximate surface area is 82.9 Å². The lowest BCUT2D eigenvalue weighted by Crippen LogP contribution is -2.03. The second-order valence-electron chi connectivity index (χ2n) is 3.05. The van der Waals surface area contributed by atoms with E-state index in [0.717, 1.165) is 0 Å². The van der Waals surface area contributed by atoms with Gasteiger partial charge in [-0.3, -0.25) is 4.79 Å². The predicted molar refractivity (Wildman–Crippen MR) is 47.5 cm³/mol. The van der Waals surface area contributed by atoms with Crippen molar-refractivity contribution in [2.24, 2.45) is 0 Å². The molecule has 0 bridgehead atoms. The summed E-state index contributed by atoms with van der Waals surface area (Å²) in [5.74, 6) is -2.88. The fourth-order valence-corrected chi connectivity index (χ4v) is 1.46. The highest BCUT2D eigenvalue weighted by atomic mass is 19.1. The molecule has 1 aromatic carbocycles. The van der Waals surface area contributed by atoms with E-state index in [1.807, 2.05) is 0 Å². The van der Waals surface area contributed by atoms with E-state index in [0.29, 0.717) is 6.07 Å². The number of furan rings is 1. The van der Waals surface area contributed by atoms with Crippen LogP contribution >= 0.6 is 0 Å². The molecule has 0 aliphatic carbocycles. The fourth-order valence-electron chi connectivity index (χ4n) is 1.46. The van der Waals surface area contributed by atoms with Crippen molar-refractivity contribution in [1.82, 2.24) is 0 Å². The molecular weight excluding hydrogens is 206 g/mol. The van der Waals surface area contributed by atoms with Gasteiger partial charge in [0, 0.05) is 17.0 Å². The number of hydrogen-bond acceptors (Lipinski definition) is 2. The van der Waals surface area contributed by atoms with E-state index in [1.54, 1.807) is 0 Å². The molecule has 0 spiro atoms. The lowest BCUT2D eigenvalue weighted by Gasteiger charge is -2.01. The highest BCUT2D eigenvalue weighted by Gasteiger charge is 2.16. The van der Waals surface area contributed by atoms with Crippen LogP contribution in [0.15, 0.2) is 22.8 Å². The molecule has 0 radical (unpaired) electrons. The smallest absolute Gasteiger partial charge is 0.307 e. The molecule has 0 aliphatic rings. The van der Waals surface area contributed by atoms with Gasteiger partial charge in [0.25, 0.3) is 0 Å². The SMILES string of the molecule is O=C(O)Cc1c(F)cc(F)c2occc12. The Morgan fingerprint density at radius 3 is 2.80 bits per heavy atom. The summed E-state index contributed by atoms with van der Waals surface area (Å²) < 4.78 is 31.2. The maximum atomic E-state index is 13.3. The first kappa shape index (κ1) is 9.64. The molecule has 3 nitrogen and oxygen atoms in total. The zero-order chi connectivity index (χ0) is 11.0. The Morgan fingerprint density at radius 2 is 2.13 bits per heavy atom. The Balaban J connectivity index is 2.71. The minimum Gasteiger partial charge on any atom is -0.481 e. The second kappa shape index (κ2) is 3.34. The Kier molecular flexibility index (Phi) is 2.15. The third kappa shape index (κ3) is 1.56. The summed E-state index contributed by atoms with van der Waals surface area (Å²) in [5.41, 5.74) is -0.180. The van der Waals surface area contributed by atoms with Crippen LogP contribution in [-0.2, 0) is 11.2 Å². The van der Waals surface area contributed by atoms with Gasteiger partial charge < -0.3 is 9.52 Å². The van der Waals surface area contributed by atoms with Crippen LogP contribution in [0.5, 0.6) is 0 Å². The first-order chi connectivity index (χ1) is 7.09. The number of hydrogen-bond donors (Lipinski definition) is 1. The molecule has 2 aromatic rings. The van der Waals surface area contributed by atoms with E-state index >= 15 is 0 Å². The van der Waals surface area contributed by atoms with Crippen molar-refractivity contribution in [2.45, 2.75) is 6.42 Å². The van der Waals surface area contributed by atoms with Crippen LogP contribution in [0.2, 0.25) is 0 Å². The maximum Gasteiger partial charge on any atom is 0.307 e. The van der Waals surface area contributed by atoms with Gasteiger partial charge in [0.2, 0.25) is 0 Å². The second-order valence-corrected chi connectivity index (χ2v) is 3.05. The van der Waals surface area contributed by atoms with Crippen LogP contribution in [0.3, 0.4) is 0 Å². The van der Waals surface area contributed by atoms with Gasteiger partial charge >= 0.3 is 5.97 Å². The summed E-state index contributed by atoms with van der Waals surface area (Å²) in [5, 5.41) is 8.73. The Morgan fingerprint density at radius 1 is 1.40 bits per heavy atom. The van der Waals surface area contributed by atoms with Crippen LogP contribution in [-0.4, -0.2) is 11.1 Å². The van der Waals surface area contributed by atoms with Gasteiger partial charge in [-0.2, -0.15) is 0 Å². The number of carbonyl (C=O) groups is 1. The van der Waals surface area contributed by atoms with Gasteiger partial charge in [0.1, 0.15) is 5.82 Å². The molecule has 2 rings (SSSR count). The minimum atomic E-state index is -1.18. The molecule has 0 saturated heterocycles. The first-order valence-corrected chi connectivity index (χ1v) is 4.15. The zero-order valence-corrected chi connectivity index (χ0v) is 7.46. The van der Waals surface area contributed by atoms with Crippen molar-refractivity contribution >= 4 is 16.9 Å². The topological polar surface area (TPSA) is 50.4 Å². The van der Waals surface area contributed by atoms with Gasteiger partial charge in [0.05, 0.1) is 12.7 Å². The van der Waals surface area contributed by atoms with Crippen LogP contribution in [0.1, 0.15) is 5.56 Å². The lowest BCUT2D eigenvalue weighted by atomic mass is 10.1. The number of fused-ring (bicyclic) bond motifs is 1. The number of aliphatic carboxylic acids is 1. The molecule has 1 heterocycles.